The number of methoxy groups -OCH3 is 1. The van der Waals surface area contributed by atoms with E-state index in [-0.39, 0.29) is 36.8 Å². The average Bonchev–Trinajstić information content (AvgIpc) is 3.22. The zero-order chi connectivity index (χ0) is 20.7. The molecule has 2 bridgehead atoms. The van der Waals surface area contributed by atoms with Crippen LogP contribution in [0.4, 0.5) is 0 Å². The second-order valence-electron chi connectivity index (χ2n) is 9.77. The maximum Gasteiger partial charge on any atom is 0.239 e. The standard InChI is InChI=1S/C24H35N3O3.2ClH/c1-30-20-6-4-5-16(9-20)10-23-18-11-17(22-7-2-3-8-27(22)23)14-26(15-18)24(29)21-12-19(28)13-25-21;;/h4-6,9,17-19,21-23,25,28H,2-3,7-8,10-15H2,1H3;2*1H/t17-,18+,19-,21+,22+,23+;;/m1../s1. The van der Waals surface area contributed by atoms with Crippen molar-refractivity contribution >= 4 is 30.7 Å². The van der Waals surface area contributed by atoms with Crippen molar-refractivity contribution in [3.05, 3.63) is 29.8 Å². The molecule has 4 aliphatic rings. The van der Waals surface area contributed by atoms with Gasteiger partial charge in [-0.05, 0) is 68.2 Å². The Kier molecular flexibility index (Phi) is 8.72. The minimum Gasteiger partial charge on any atom is -0.497 e. The average molecular weight is 486 g/mol. The van der Waals surface area contributed by atoms with Crippen LogP contribution >= 0.6 is 24.8 Å². The number of amides is 1. The molecular weight excluding hydrogens is 449 g/mol. The Morgan fingerprint density at radius 1 is 1.19 bits per heavy atom. The topological polar surface area (TPSA) is 65.0 Å². The van der Waals surface area contributed by atoms with E-state index in [9.17, 15) is 9.90 Å². The number of aliphatic hydroxyl groups excluding tert-OH is 1. The summed E-state index contributed by atoms with van der Waals surface area (Å²) < 4.78 is 5.45. The molecule has 0 saturated carbocycles. The van der Waals surface area contributed by atoms with Gasteiger partial charge in [-0.1, -0.05) is 18.6 Å². The zero-order valence-electron chi connectivity index (χ0n) is 18.8. The number of hydrogen-bond acceptors (Lipinski definition) is 5. The molecule has 0 unspecified atom stereocenters. The molecule has 0 aliphatic carbocycles. The molecule has 4 heterocycles. The van der Waals surface area contributed by atoms with Gasteiger partial charge >= 0.3 is 0 Å². The molecule has 5 rings (SSSR count). The Labute approximate surface area is 203 Å². The van der Waals surface area contributed by atoms with Gasteiger partial charge in [0.2, 0.25) is 5.91 Å². The lowest BCUT2D eigenvalue weighted by atomic mass is 9.71. The second kappa shape index (κ2) is 10.9. The van der Waals surface area contributed by atoms with Crippen molar-refractivity contribution in [1.29, 1.82) is 0 Å². The highest BCUT2D eigenvalue weighted by atomic mass is 35.5. The highest BCUT2D eigenvalue weighted by molar-refractivity contribution is 5.85. The van der Waals surface area contributed by atoms with Crippen molar-refractivity contribution in [2.24, 2.45) is 11.8 Å². The molecule has 4 saturated heterocycles. The third kappa shape index (κ3) is 5.05. The van der Waals surface area contributed by atoms with Crippen molar-refractivity contribution < 1.29 is 14.6 Å². The first-order chi connectivity index (χ1) is 14.6. The van der Waals surface area contributed by atoms with E-state index in [0.717, 1.165) is 25.3 Å². The summed E-state index contributed by atoms with van der Waals surface area (Å²) in [6.45, 7) is 3.46. The van der Waals surface area contributed by atoms with Crippen LogP contribution in [0.5, 0.6) is 5.75 Å². The number of β-amino-alcohol motifs (C(OH)–C–C–N with tert-alkyl or cyclic N) is 1. The van der Waals surface area contributed by atoms with E-state index in [0.29, 0.717) is 36.9 Å². The van der Waals surface area contributed by atoms with E-state index >= 15 is 0 Å². The Balaban J connectivity index is 0.00000144. The molecule has 1 aromatic rings. The molecule has 32 heavy (non-hydrogen) atoms. The van der Waals surface area contributed by atoms with Gasteiger partial charge in [-0.15, -0.1) is 24.8 Å². The van der Waals surface area contributed by atoms with Crippen LogP contribution in [0.3, 0.4) is 0 Å². The van der Waals surface area contributed by atoms with E-state index in [1.807, 2.05) is 6.07 Å². The number of nitrogens with one attached hydrogen (secondary N) is 1. The molecule has 4 aliphatic heterocycles. The summed E-state index contributed by atoms with van der Waals surface area (Å²) in [4.78, 5) is 18.1. The fraction of sp³-hybridized carbons (Fsp3) is 0.708. The number of halogens is 2. The third-order valence-electron chi connectivity index (χ3n) is 7.92. The number of nitrogens with zero attached hydrogens (tertiary/aromatic N) is 2. The number of fused-ring (bicyclic) bond motifs is 4. The highest BCUT2D eigenvalue weighted by Gasteiger charge is 2.48. The van der Waals surface area contributed by atoms with Crippen LogP contribution in [-0.2, 0) is 11.2 Å². The molecular formula is C24H37Cl2N3O3. The van der Waals surface area contributed by atoms with Gasteiger partial charge < -0.3 is 20.1 Å². The first-order valence-corrected chi connectivity index (χ1v) is 11.7. The monoisotopic (exact) mass is 485 g/mol. The Bertz CT molecular complexity index is 783. The minimum absolute atomic E-state index is 0. The maximum absolute atomic E-state index is 13.2. The van der Waals surface area contributed by atoms with E-state index < -0.39 is 6.10 Å². The minimum atomic E-state index is -0.391. The molecule has 180 valence electrons. The predicted molar refractivity (Wildman–Crippen MR) is 130 cm³/mol. The highest BCUT2D eigenvalue weighted by Crippen LogP contribution is 2.42. The van der Waals surface area contributed by atoms with Gasteiger partial charge in [-0.25, -0.2) is 0 Å². The number of aliphatic hydroxyl groups is 1. The second-order valence-corrected chi connectivity index (χ2v) is 9.77. The van der Waals surface area contributed by atoms with Gasteiger partial charge in [-0.2, -0.15) is 0 Å². The Hall–Kier alpha value is -1.05. The van der Waals surface area contributed by atoms with Crippen LogP contribution in [0.25, 0.3) is 0 Å². The van der Waals surface area contributed by atoms with Crippen molar-refractivity contribution in [3.8, 4) is 5.75 Å². The number of likely N-dealkylation sites (tertiary alicyclic amines) is 1. The Morgan fingerprint density at radius 3 is 2.75 bits per heavy atom. The number of piperidine rings is 3. The summed E-state index contributed by atoms with van der Waals surface area (Å²) in [6, 6.07) is 9.34. The molecule has 6 atom stereocenters. The van der Waals surface area contributed by atoms with Gasteiger partial charge in [0.15, 0.2) is 0 Å². The van der Waals surface area contributed by atoms with Crippen molar-refractivity contribution in [1.82, 2.24) is 15.1 Å². The van der Waals surface area contributed by atoms with E-state index in [4.69, 9.17) is 4.74 Å². The molecule has 1 amide bonds. The first-order valence-electron chi connectivity index (χ1n) is 11.7. The van der Waals surface area contributed by atoms with Gasteiger partial charge in [-0.3, -0.25) is 9.69 Å². The van der Waals surface area contributed by atoms with Crippen LogP contribution in [-0.4, -0.2) is 78.3 Å². The summed E-state index contributed by atoms with van der Waals surface area (Å²) in [5, 5.41) is 13.1. The van der Waals surface area contributed by atoms with Crippen LogP contribution < -0.4 is 10.1 Å². The molecule has 0 radical (unpaired) electrons. The third-order valence-corrected chi connectivity index (χ3v) is 7.92. The van der Waals surface area contributed by atoms with E-state index in [2.05, 4.69) is 33.3 Å². The van der Waals surface area contributed by atoms with Crippen LogP contribution in [0.15, 0.2) is 24.3 Å². The van der Waals surface area contributed by atoms with Gasteiger partial charge in [0, 0.05) is 31.7 Å². The number of rotatable bonds is 4. The van der Waals surface area contributed by atoms with Gasteiger partial charge in [0.25, 0.3) is 0 Å². The predicted octanol–water partition coefficient (Wildman–Crippen LogP) is 2.51. The molecule has 0 aromatic heterocycles. The molecule has 1 aromatic carbocycles. The van der Waals surface area contributed by atoms with Crippen molar-refractivity contribution in [3.63, 3.8) is 0 Å². The molecule has 6 nitrogen and oxygen atoms in total. The fourth-order valence-corrected chi connectivity index (χ4v) is 6.54. The number of benzene rings is 1. The number of carbonyl (C=O) groups is 1. The summed E-state index contributed by atoms with van der Waals surface area (Å²) in [5.74, 6) is 2.22. The lowest BCUT2D eigenvalue weighted by Gasteiger charge is -2.57. The summed E-state index contributed by atoms with van der Waals surface area (Å²) in [5.41, 5.74) is 1.33. The number of carbonyl (C=O) groups excluding carboxylic acids is 1. The Morgan fingerprint density at radius 2 is 2.00 bits per heavy atom. The maximum atomic E-state index is 13.2. The normalized spacial score (nSPS) is 34.1. The van der Waals surface area contributed by atoms with Crippen LogP contribution in [0.2, 0.25) is 0 Å². The fourth-order valence-electron chi connectivity index (χ4n) is 6.54. The molecule has 0 spiro atoms. The largest absolute Gasteiger partial charge is 0.497 e. The van der Waals surface area contributed by atoms with Gasteiger partial charge in [0.1, 0.15) is 5.75 Å². The zero-order valence-corrected chi connectivity index (χ0v) is 20.5. The summed E-state index contributed by atoms with van der Waals surface area (Å²) in [7, 11) is 1.73. The SMILES string of the molecule is COc1cccc(C[C@H]2[C@H]3C[C@H](CN(C(=O)[C@@H]4C[C@@H](O)CN4)C3)[C@@H]3CCCCN32)c1.Cl.Cl. The first kappa shape index (κ1) is 25.6. The summed E-state index contributed by atoms with van der Waals surface area (Å²) >= 11 is 0. The van der Waals surface area contributed by atoms with E-state index in [1.165, 1.54) is 37.8 Å². The lowest BCUT2D eigenvalue weighted by molar-refractivity contribution is -0.142. The lowest BCUT2D eigenvalue weighted by Crippen LogP contribution is -2.65. The molecule has 4 fully saturated rings. The van der Waals surface area contributed by atoms with Crippen LogP contribution in [0.1, 0.15) is 37.7 Å². The van der Waals surface area contributed by atoms with Crippen molar-refractivity contribution in [2.75, 3.05) is 33.3 Å². The van der Waals surface area contributed by atoms with Crippen molar-refractivity contribution in [2.45, 2.75) is 62.8 Å². The molecule has 2 N–H and O–H groups in total. The number of ether oxygens (including phenoxy) is 1. The molecule has 8 heteroatoms. The van der Waals surface area contributed by atoms with Crippen LogP contribution in [0, 0.1) is 11.8 Å². The number of hydrogen-bond donors (Lipinski definition) is 2. The quantitative estimate of drug-likeness (QED) is 0.685. The van der Waals surface area contributed by atoms with E-state index in [1.54, 1.807) is 7.11 Å². The summed E-state index contributed by atoms with van der Waals surface area (Å²) in [6.07, 6.45) is 6.27. The van der Waals surface area contributed by atoms with Gasteiger partial charge in [0.05, 0.1) is 19.3 Å². The smallest absolute Gasteiger partial charge is 0.239 e.